The predicted octanol–water partition coefficient (Wildman–Crippen LogP) is -3.43. The number of ether oxygens (including phenoxy) is 1. The minimum atomic E-state index is -4.81. The fourth-order valence-electron chi connectivity index (χ4n) is 1.31. The number of rotatable bonds is 3. The van der Waals surface area contributed by atoms with E-state index in [1.807, 2.05) is 0 Å². The van der Waals surface area contributed by atoms with Crippen LogP contribution < -0.4 is 5.73 Å². The molecule has 0 aromatic carbocycles. The molecule has 1 fully saturated rings. The monoisotopic (exact) mass is 259 g/mol. The maximum absolute atomic E-state index is 10.4. The molecule has 0 aromatic heterocycles. The van der Waals surface area contributed by atoms with Crippen LogP contribution in [0.3, 0.4) is 0 Å². The molecular formula is C6H13NO8S. The van der Waals surface area contributed by atoms with Crippen molar-refractivity contribution in [2.75, 3.05) is 6.61 Å². The third-order valence-corrected chi connectivity index (χ3v) is 2.58. The van der Waals surface area contributed by atoms with Crippen molar-refractivity contribution in [3.05, 3.63) is 0 Å². The Labute approximate surface area is 91.3 Å². The molecule has 96 valence electrons. The van der Waals surface area contributed by atoms with E-state index in [1.165, 1.54) is 0 Å². The van der Waals surface area contributed by atoms with Gasteiger partial charge in [-0.1, -0.05) is 0 Å². The normalized spacial score (nSPS) is 40.9. The highest BCUT2D eigenvalue weighted by atomic mass is 32.3. The minimum Gasteiger partial charge on any atom is -0.394 e. The average Bonchev–Trinajstić information content (AvgIpc) is 2.17. The van der Waals surface area contributed by atoms with Gasteiger partial charge in [0.05, 0.1) is 12.6 Å². The third kappa shape index (κ3) is 3.09. The van der Waals surface area contributed by atoms with Crippen LogP contribution in [0.25, 0.3) is 0 Å². The molecule has 0 bridgehead atoms. The zero-order chi connectivity index (χ0) is 12.5. The van der Waals surface area contributed by atoms with Crippen LogP contribution in [0, 0.1) is 0 Å². The van der Waals surface area contributed by atoms with Crippen molar-refractivity contribution in [2.45, 2.75) is 30.6 Å². The number of nitrogens with two attached hydrogens (primary N) is 1. The topological polar surface area (TPSA) is 160 Å². The molecule has 0 aliphatic carbocycles. The van der Waals surface area contributed by atoms with E-state index in [1.54, 1.807) is 0 Å². The Hall–Kier alpha value is -0.330. The highest BCUT2D eigenvalue weighted by Gasteiger charge is 2.44. The Morgan fingerprint density at radius 3 is 2.31 bits per heavy atom. The SMILES string of the molecule is N[C@H]1C(OS(=O)(=O)O)O[C@H](CO)[C@H](O)[C@@H]1O. The molecule has 0 amide bonds. The third-order valence-electron chi connectivity index (χ3n) is 2.14. The van der Waals surface area contributed by atoms with Crippen molar-refractivity contribution < 1.29 is 37.2 Å². The molecule has 16 heavy (non-hydrogen) atoms. The summed E-state index contributed by atoms with van der Waals surface area (Å²) in [6.07, 6.45) is -5.94. The zero-order valence-corrected chi connectivity index (χ0v) is 8.82. The Bertz CT molecular complexity index is 329. The van der Waals surface area contributed by atoms with Crippen LogP contribution in [0.4, 0.5) is 0 Å². The first-order valence-corrected chi connectivity index (χ1v) is 5.66. The maximum Gasteiger partial charge on any atom is 0.399 e. The second-order valence-corrected chi connectivity index (χ2v) is 4.36. The van der Waals surface area contributed by atoms with Gasteiger partial charge in [-0.2, -0.15) is 8.42 Å². The van der Waals surface area contributed by atoms with Crippen LogP contribution in [0.5, 0.6) is 0 Å². The first-order valence-electron chi connectivity index (χ1n) is 4.30. The molecule has 1 unspecified atom stereocenters. The Balaban J connectivity index is 2.79. The summed E-state index contributed by atoms with van der Waals surface area (Å²) < 4.78 is 38.0. The molecule has 0 radical (unpaired) electrons. The predicted molar refractivity (Wildman–Crippen MR) is 48.4 cm³/mol. The van der Waals surface area contributed by atoms with Gasteiger partial charge in [0, 0.05) is 0 Å². The van der Waals surface area contributed by atoms with E-state index in [4.69, 9.17) is 20.1 Å². The molecule has 5 atom stereocenters. The molecule has 6 N–H and O–H groups in total. The van der Waals surface area contributed by atoms with Crippen molar-refractivity contribution in [3.8, 4) is 0 Å². The van der Waals surface area contributed by atoms with Crippen LogP contribution in [-0.2, 0) is 19.3 Å². The van der Waals surface area contributed by atoms with Crippen molar-refractivity contribution in [2.24, 2.45) is 5.73 Å². The van der Waals surface area contributed by atoms with Gasteiger partial charge in [-0.15, -0.1) is 0 Å². The second-order valence-electron chi connectivity index (χ2n) is 3.31. The molecule has 1 rings (SSSR count). The zero-order valence-electron chi connectivity index (χ0n) is 8.00. The van der Waals surface area contributed by atoms with E-state index in [9.17, 15) is 18.6 Å². The summed E-state index contributed by atoms with van der Waals surface area (Å²) in [6.45, 7) is -0.670. The molecular weight excluding hydrogens is 246 g/mol. The lowest BCUT2D eigenvalue weighted by molar-refractivity contribution is -0.239. The molecule has 1 aliphatic rings. The van der Waals surface area contributed by atoms with Crippen LogP contribution in [-0.4, -0.2) is 65.5 Å². The summed E-state index contributed by atoms with van der Waals surface area (Å²) in [5.41, 5.74) is 5.32. The van der Waals surface area contributed by atoms with Crippen molar-refractivity contribution in [1.29, 1.82) is 0 Å². The Morgan fingerprint density at radius 1 is 1.31 bits per heavy atom. The number of hydrogen-bond donors (Lipinski definition) is 5. The van der Waals surface area contributed by atoms with Crippen LogP contribution in [0.2, 0.25) is 0 Å². The van der Waals surface area contributed by atoms with Gasteiger partial charge in [0.25, 0.3) is 0 Å². The summed E-state index contributed by atoms with van der Waals surface area (Å²) in [5.74, 6) is 0. The fourth-order valence-corrected chi connectivity index (χ4v) is 1.72. The van der Waals surface area contributed by atoms with Gasteiger partial charge in [0.15, 0.2) is 6.29 Å². The van der Waals surface area contributed by atoms with E-state index in [0.29, 0.717) is 0 Å². The van der Waals surface area contributed by atoms with Crippen molar-refractivity contribution in [3.63, 3.8) is 0 Å². The Kier molecular flexibility index (Phi) is 4.20. The van der Waals surface area contributed by atoms with Crippen LogP contribution >= 0.6 is 0 Å². The maximum atomic E-state index is 10.4. The van der Waals surface area contributed by atoms with Gasteiger partial charge in [-0.25, -0.2) is 4.18 Å². The summed E-state index contributed by atoms with van der Waals surface area (Å²) in [6, 6.07) is -1.38. The highest BCUT2D eigenvalue weighted by molar-refractivity contribution is 7.80. The summed E-state index contributed by atoms with van der Waals surface area (Å²) in [5, 5.41) is 27.5. The lowest BCUT2D eigenvalue weighted by atomic mass is 9.98. The van der Waals surface area contributed by atoms with Gasteiger partial charge < -0.3 is 25.8 Å². The van der Waals surface area contributed by atoms with Gasteiger partial charge in [0.1, 0.15) is 18.3 Å². The molecule has 10 heteroatoms. The lowest BCUT2D eigenvalue weighted by Gasteiger charge is -2.39. The quantitative estimate of drug-likeness (QED) is 0.325. The molecule has 9 nitrogen and oxygen atoms in total. The van der Waals surface area contributed by atoms with E-state index in [-0.39, 0.29) is 0 Å². The van der Waals surface area contributed by atoms with Crippen molar-refractivity contribution in [1.82, 2.24) is 0 Å². The number of aliphatic hydroxyl groups excluding tert-OH is 3. The van der Waals surface area contributed by atoms with Crippen LogP contribution in [0.15, 0.2) is 0 Å². The average molecular weight is 259 g/mol. The second kappa shape index (κ2) is 4.89. The summed E-state index contributed by atoms with van der Waals surface area (Å²) in [7, 11) is -4.81. The van der Waals surface area contributed by atoms with Gasteiger partial charge in [-0.05, 0) is 0 Å². The number of aliphatic hydroxyl groups is 3. The van der Waals surface area contributed by atoms with Crippen LogP contribution in [0.1, 0.15) is 0 Å². The van der Waals surface area contributed by atoms with E-state index < -0.39 is 47.6 Å². The van der Waals surface area contributed by atoms with Gasteiger partial charge in [0.2, 0.25) is 0 Å². The van der Waals surface area contributed by atoms with Crippen molar-refractivity contribution >= 4 is 10.4 Å². The molecule has 1 heterocycles. The van der Waals surface area contributed by atoms with E-state index >= 15 is 0 Å². The lowest BCUT2D eigenvalue weighted by Crippen LogP contribution is -2.62. The van der Waals surface area contributed by atoms with E-state index in [0.717, 1.165) is 0 Å². The van der Waals surface area contributed by atoms with E-state index in [2.05, 4.69) is 4.18 Å². The summed E-state index contributed by atoms with van der Waals surface area (Å²) >= 11 is 0. The molecule has 1 aliphatic heterocycles. The molecule has 0 spiro atoms. The first-order chi connectivity index (χ1) is 7.26. The Morgan fingerprint density at radius 2 is 1.88 bits per heavy atom. The highest BCUT2D eigenvalue weighted by Crippen LogP contribution is 2.21. The number of hydrogen-bond acceptors (Lipinski definition) is 8. The molecule has 0 aromatic rings. The van der Waals surface area contributed by atoms with Gasteiger partial charge in [-0.3, -0.25) is 4.55 Å². The first kappa shape index (κ1) is 13.7. The smallest absolute Gasteiger partial charge is 0.394 e. The molecule has 1 saturated heterocycles. The van der Waals surface area contributed by atoms with Gasteiger partial charge >= 0.3 is 10.4 Å². The standard InChI is InChI=1S/C6H13NO8S/c7-3-5(10)4(9)2(1-8)14-6(3)15-16(11,12)13/h2-6,8-10H,1,7H2,(H,11,12,13)/t2-,3-,4+,5-,6?/m1/s1. The summed E-state index contributed by atoms with van der Waals surface area (Å²) in [4.78, 5) is 0. The largest absolute Gasteiger partial charge is 0.399 e. The molecule has 0 saturated carbocycles. The minimum absolute atomic E-state index is 0.670. The fraction of sp³-hybridized carbons (Fsp3) is 1.00.